The number of aromatic amines is 1. The number of hydrogen-bond acceptors (Lipinski definition) is 3. The zero-order valence-electron chi connectivity index (χ0n) is 23.7. The third-order valence-electron chi connectivity index (χ3n) is 8.20. The van der Waals surface area contributed by atoms with Crippen LogP contribution in [0.5, 0.6) is 0 Å². The number of H-pyrrole nitrogens is 1. The lowest BCUT2D eigenvalue weighted by molar-refractivity contribution is 0.514. The number of aromatic nitrogens is 5. The molecule has 7 aromatic rings. The predicted molar refractivity (Wildman–Crippen MR) is 176 cm³/mol. The molecule has 5 aromatic carbocycles. The highest BCUT2D eigenvalue weighted by Gasteiger charge is 2.38. The Morgan fingerprint density at radius 3 is 1.91 bits per heavy atom. The predicted octanol–water partition coefficient (Wildman–Crippen LogP) is 8.43. The van der Waals surface area contributed by atoms with Gasteiger partial charge in [-0.15, -0.1) is 0 Å². The molecule has 43 heavy (non-hydrogen) atoms. The minimum absolute atomic E-state index is 0.566. The van der Waals surface area contributed by atoms with Crippen LogP contribution in [-0.2, 0) is 18.5 Å². The average Bonchev–Trinajstić information content (AvgIpc) is 3.69. The lowest BCUT2D eigenvalue weighted by Gasteiger charge is -2.37. The van der Waals surface area contributed by atoms with Crippen LogP contribution in [0.1, 0.15) is 28.8 Å². The Bertz CT molecular complexity index is 1920. The van der Waals surface area contributed by atoms with Gasteiger partial charge in [0.2, 0.25) is 0 Å². The largest absolute Gasteiger partial charge is 0.319 e. The van der Waals surface area contributed by atoms with Crippen LogP contribution in [0.3, 0.4) is 0 Å². The van der Waals surface area contributed by atoms with E-state index >= 15 is 0 Å². The molecule has 0 atom stereocenters. The fourth-order valence-electron chi connectivity index (χ4n) is 6.23. The number of hydrogen-bond donors (Lipinski definition) is 1. The lowest BCUT2D eigenvalue weighted by Crippen LogP contribution is -2.36. The van der Waals surface area contributed by atoms with Gasteiger partial charge in [-0.1, -0.05) is 133 Å². The van der Waals surface area contributed by atoms with Gasteiger partial charge in [0.25, 0.3) is 0 Å². The summed E-state index contributed by atoms with van der Waals surface area (Å²) in [5.41, 5.74) is 5.09. The van der Waals surface area contributed by atoms with E-state index in [4.69, 9.17) is 17.2 Å². The third kappa shape index (κ3) is 4.90. The number of imidazole rings is 1. The molecular formula is C37H31N5S. The summed E-state index contributed by atoms with van der Waals surface area (Å²) < 4.78 is 5.01. The summed E-state index contributed by atoms with van der Waals surface area (Å²) in [6, 6.07) is 46.8. The van der Waals surface area contributed by atoms with Crippen LogP contribution in [0.25, 0.3) is 22.2 Å². The molecule has 0 fully saturated rings. The molecule has 1 N–H and O–H groups in total. The molecule has 7 rings (SSSR count). The van der Waals surface area contributed by atoms with Crippen molar-refractivity contribution in [2.45, 2.75) is 24.9 Å². The molecule has 0 aliphatic carbocycles. The van der Waals surface area contributed by atoms with E-state index in [-0.39, 0.29) is 0 Å². The second kappa shape index (κ2) is 11.7. The molecule has 5 nitrogen and oxygen atoms in total. The first-order valence-electron chi connectivity index (χ1n) is 14.6. The highest BCUT2D eigenvalue weighted by molar-refractivity contribution is 7.71. The second-order valence-corrected chi connectivity index (χ2v) is 11.1. The Morgan fingerprint density at radius 2 is 1.26 bits per heavy atom. The van der Waals surface area contributed by atoms with Crippen molar-refractivity contribution in [1.82, 2.24) is 24.3 Å². The monoisotopic (exact) mass is 577 g/mol. The normalized spacial score (nSPS) is 11.6. The van der Waals surface area contributed by atoms with Crippen LogP contribution < -0.4 is 0 Å². The Labute approximate surface area is 256 Å². The van der Waals surface area contributed by atoms with Crippen molar-refractivity contribution in [2.75, 3.05) is 0 Å². The van der Waals surface area contributed by atoms with E-state index in [0.29, 0.717) is 4.77 Å². The van der Waals surface area contributed by atoms with E-state index in [1.807, 2.05) is 6.33 Å². The molecule has 0 saturated heterocycles. The Balaban J connectivity index is 1.22. The van der Waals surface area contributed by atoms with Crippen LogP contribution >= 0.6 is 12.2 Å². The number of rotatable bonds is 9. The summed E-state index contributed by atoms with van der Waals surface area (Å²) in [5, 5.41) is 10.00. The zero-order valence-corrected chi connectivity index (χ0v) is 24.5. The van der Waals surface area contributed by atoms with Gasteiger partial charge in [-0.2, -0.15) is 5.10 Å². The molecule has 0 saturated carbocycles. The summed E-state index contributed by atoms with van der Waals surface area (Å²) >= 11 is 5.67. The average molecular weight is 578 g/mol. The first-order chi connectivity index (χ1) is 21.2. The molecule has 2 heterocycles. The van der Waals surface area contributed by atoms with Gasteiger partial charge in [-0.3, -0.25) is 5.10 Å². The summed E-state index contributed by atoms with van der Waals surface area (Å²) in [7, 11) is 0. The lowest BCUT2D eigenvalue weighted by atomic mass is 9.77. The minimum Gasteiger partial charge on any atom is -0.319 e. The van der Waals surface area contributed by atoms with Crippen molar-refractivity contribution in [2.24, 2.45) is 0 Å². The molecule has 0 spiro atoms. The summed E-state index contributed by atoms with van der Waals surface area (Å²) in [4.78, 5) is 4.93. The van der Waals surface area contributed by atoms with E-state index in [2.05, 4.69) is 159 Å². The van der Waals surface area contributed by atoms with E-state index in [1.165, 1.54) is 22.1 Å². The van der Waals surface area contributed by atoms with E-state index in [9.17, 15) is 0 Å². The SMILES string of the molecule is S=c1[nH]nc(-c2cccc3ccccc23)n1CCCc1cn(C(c2ccccc2)(c2ccccc2)c2ccccc2)cn1. The maximum atomic E-state index is 5.67. The Kier molecular flexibility index (Phi) is 7.27. The fourth-order valence-corrected chi connectivity index (χ4v) is 6.45. The smallest absolute Gasteiger partial charge is 0.195 e. The molecule has 0 radical (unpaired) electrons. The van der Waals surface area contributed by atoms with Gasteiger partial charge in [0, 0.05) is 18.3 Å². The fraction of sp³-hybridized carbons (Fsp3) is 0.108. The number of nitrogens with one attached hydrogen (secondary N) is 1. The van der Waals surface area contributed by atoms with Crippen molar-refractivity contribution in [3.8, 4) is 11.4 Å². The van der Waals surface area contributed by atoms with E-state index in [0.717, 1.165) is 41.9 Å². The van der Waals surface area contributed by atoms with E-state index < -0.39 is 5.54 Å². The van der Waals surface area contributed by atoms with Crippen molar-refractivity contribution in [3.63, 3.8) is 0 Å². The first-order valence-corrected chi connectivity index (χ1v) is 15.0. The Morgan fingerprint density at radius 1 is 0.674 bits per heavy atom. The molecule has 0 aliphatic rings. The first kappa shape index (κ1) is 26.8. The second-order valence-electron chi connectivity index (χ2n) is 10.7. The van der Waals surface area contributed by atoms with Gasteiger partial charge in [-0.05, 0) is 52.5 Å². The standard InChI is InChI=1S/C37H31N5S/c43-36-40-39-35(34-24-12-15-28-14-10-11-23-33(28)34)42(36)25-13-22-32-26-41(27-38-32)37(29-16-4-1-5-17-29,30-18-6-2-7-19-30)31-20-8-3-9-21-31/h1-12,14-21,23-24,26-27H,13,22,25H2,(H,40,43). The molecule has 2 aromatic heterocycles. The van der Waals surface area contributed by atoms with Gasteiger partial charge in [0.1, 0.15) is 5.54 Å². The van der Waals surface area contributed by atoms with Gasteiger partial charge < -0.3 is 9.13 Å². The van der Waals surface area contributed by atoms with Crippen LogP contribution in [0.15, 0.2) is 146 Å². The highest BCUT2D eigenvalue weighted by Crippen LogP contribution is 2.40. The van der Waals surface area contributed by atoms with Crippen LogP contribution in [0, 0.1) is 4.77 Å². The maximum absolute atomic E-state index is 5.67. The molecular weight excluding hydrogens is 547 g/mol. The Hall–Kier alpha value is -5.07. The van der Waals surface area contributed by atoms with Crippen molar-refractivity contribution < 1.29 is 0 Å². The molecule has 0 bridgehead atoms. The zero-order chi connectivity index (χ0) is 29.1. The van der Waals surface area contributed by atoms with Crippen LogP contribution in [-0.4, -0.2) is 24.3 Å². The third-order valence-corrected chi connectivity index (χ3v) is 8.51. The van der Waals surface area contributed by atoms with Gasteiger partial charge in [0.05, 0.1) is 12.0 Å². The number of aryl methyl sites for hydroxylation is 1. The summed E-state index contributed by atoms with van der Waals surface area (Å²) in [5.74, 6) is 0.864. The molecule has 0 amide bonds. The highest BCUT2D eigenvalue weighted by atomic mass is 32.1. The van der Waals surface area contributed by atoms with E-state index in [1.54, 1.807) is 0 Å². The van der Waals surface area contributed by atoms with Crippen LogP contribution in [0.4, 0.5) is 0 Å². The number of fused-ring (bicyclic) bond motifs is 1. The van der Waals surface area contributed by atoms with Crippen molar-refractivity contribution in [1.29, 1.82) is 0 Å². The quantitative estimate of drug-likeness (QED) is 0.138. The van der Waals surface area contributed by atoms with Gasteiger partial charge in [-0.25, -0.2) is 4.98 Å². The topological polar surface area (TPSA) is 51.4 Å². The van der Waals surface area contributed by atoms with Crippen molar-refractivity contribution >= 4 is 23.0 Å². The summed E-state index contributed by atoms with van der Waals surface area (Å²) in [6.07, 6.45) is 5.86. The van der Waals surface area contributed by atoms with Gasteiger partial charge >= 0.3 is 0 Å². The number of benzene rings is 5. The van der Waals surface area contributed by atoms with Crippen LogP contribution in [0.2, 0.25) is 0 Å². The number of nitrogens with zero attached hydrogens (tertiary/aromatic N) is 4. The minimum atomic E-state index is -0.566. The maximum Gasteiger partial charge on any atom is 0.195 e. The molecule has 0 aliphatic heterocycles. The molecule has 6 heteroatoms. The van der Waals surface area contributed by atoms with Gasteiger partial charge in [0.15, 0.2) is 10.6 Å². The molecule has 0 unspecified atom stereocenters. The van der Waals surface area contributed by atoms with Crippen molar-refractivity contribution in [3.05, 3.63) is 173 Å². The summed E-state index contributed by atoms with van der Waals surface area (Å²) in [6.45, 7) is 0.738. The molecule has 210 valence electrons.